The van der Waals surface area contributed by atoms with E-state index in [1.54, 1.807) is 6.92 Å². The van der Waals surface area contributed by atoms with Crippen molar-refractivity contribution in [1.82, 2.24) is 0 Å². The molecule has 0 saturated heterocycles. The predicted molar refractivity (Wildman–Crippen MR) is 54.1 cm³/mol. The van der Waals surface area contributed by atoms with Crippen LogP contribution in [0.4, 0.5) is 0 Å². The summed E-state index contributed by atoms with van der Waals surface area (Å²) in [5.41, 5.74) is 1.22. The van der Waals surface area contributed by atoms with Crippen LogP contribution in [0, 0.1) is 0 Å². The topological polar surface area (TPSA) is 26.3 Å². The summed E-state index contributed by atoms with van der Waals surface area (Å²) < 4.78 is 4.43. The second kappa shape index (κ2) is 22.5. The van der Waals surface area contributed by atoms with Gasteiger partial charge in [-0.3, -0.25) is 0 Å². The molecular weight excluding hydrogens is 176 g/mol. The highest BCUT2D eigenvalue weighted by atomic mass is 35.5. The molecule has 70 valence electrons. The number of hydrogen-bond acceptors (Lipinski definition) is 2. The summed E-state index contributed by atoms with van der Waals surface area (Å²) in [5.74, 6) is -0.359. The number of rotatable bonds is 2. The van der Waals surface area contributed by atoms with Crippen LogP contribution >= 0.6 is 11.6 Å². The zero-order valence-corrected chi connectivity index (χ0v) is 8.14. The Morgan fingerprint density at radius 1 is 1.50 bits per heavy atom. The summed E-state index contributed by atoms with van der Waals surface area (Å²) in [6, 6.07) is 0. The largest absolute Gasteiger partial charge is 0.463 e. The quantitative estimate of drug-likeness (QED) is 0.380. The molecule has 0 aromatic heterocycles. The molecule has 0 atom stereocenters. The molecule has 0 radical (unpaired) electrons. The van der Waals surface area contributed by atoms with Crippen molar-refractivity contribution in [2.75, 3.05) is 6.61 Å². The molecule has 0 rings (SSSR count). The van der Waals surface area contributed by atoms with Crippen LogP contribution in [-0.4, -0.2) is 12.6 Å². The molecule has 3 heteroatoms. The second-order valence-electron chi connectivity index (χ2n) is 1.11. The first-order valence-corrected chi connectivity index (χ1v) is 3.66. The maximum atomic E-state index is 10.1. The van der Waals surface area contributed by atoms with Crippen LogP contribution < -0.4 is 0 Å². The third kappa shape index (κ3) is 36.1. The summed E-state index contributed by atoms with van der Waals surface area (Å²) in [6.07, 6.45) is 1.14. The molecule has 0 bridgehead atoms. The van der Waals surface area contributed by atoms with Crippen LogP contribution in [-0.2, 0) is 9.53 Å². The van der Waals surface area contributed by atoms with Gasteiger partial charge >= 0.3 is 5.97 Å². The Bertz CT molecular complexity index is 122. The zero-order chi connectivity index (χ0) is 10.4. The lowest BCUT2D eigenvalue weighted by Crippen LogP contribution is -1.97. The number of hydrogen-bond donors (Lipinski definition) is 0. The predicted octanol–water partition coefficient (Wildman–Crippen LogP) is 2.91. The van der Waals surface area contributed by atoms with Crippen molar-refractivity contribution in [3.8, 4) is 0 Å². The third-order valence-corrected chi connectivity index (χ3v) is 0.453. The van der Waals surface area contributed by atoms with Crippen molar-refractivity contribution < 1.29 is 9.53 Å². The molecule has 0 saturated carbocycles. The van der Waals surface area contributed by atoms with Gasteiger partial charge in [0.25, 0.3) is 0 Å². The molecule has 0 aliphatic carbocycles. The molecule has 0 aromatic rings. The van der Waals surface area contributed by atoms with Crippen molar-refractivity contribution in [3.63, 3.8) is 0 Å². The highest BCUT2D eigenvalue weighted by molar-refractivity contribution is 6.25. The first kappa shape index (κ1) is 17.2. The smallest absolute Gasteiger partial charge is 0.330 e. The van der Waals surface area contributed by atoms with Crippen LogP contribution in [0.1, 0.15) is 6.92 Å². The fourth-order valence-corrected chi connectivity index (χ4v) is 0.201. The zero-order valence-electron chi connectivity index (χ0n) is 7.38. The fraction of sp³-hybridized carbons (Fsp3) is 0.222. The maximum Gasteiger partial charge on any atom is 0.330 e. The highest BCUT2D eigenvalue weighted by Gasteiger charge is 1.86. The number of carbonyl (C=O) groups excluding carboxylic acids is 1. The van der Waals surface area contributed by atoms with E-state index >= 15 is 0 Å². The van der Waals surface area contributed by atoms with Gasteiger partial charge in [-0.15, -0.1) is 13.2 Å². The standard InChI is InChI=1S/C5H8O2.C2H3Cl.C2H4/c1-3-5(6)7-4-2;1-2-3;1-2/h3H,1,4H2,2H3;2H,1H2;1-2H2. The summed E-state index contributed by atoms with van der Waals surface area (Å²) in [6.45, 7) is 14.5. The fourth-order valence-electron chi connectivity index (χ4n) is 0.201. The van der Waals surface area contributed by atoms with E-state index in [4.69, 9.17) is 11.6 Å². The molecule has 12 heavy (non-hydrogen) atoms. The van der Waals surface area contributed by atoms with E-state index in [1.807, 2.05) is 0 Å². The highest BCUT2D eigenvalue weighted by Crippen LogP contribution is 1.74. The van der Waals surface area contributed by atoms with Crippen molar-refractivity contribution in [2.24, 2.45) is 0 Å². The summed E-state index contributed by atoms with van der Waals surface area (Å²) in [4.78, 5) is 10.1. The summed E-state index contributed by atoms with van der Waals surface area (Å²) in [7, 11) is 0. The van der Waals surface area contributed by atoms with Crippen molar-refractivity contribution >= 4 is 17.6 Å². The first-order chi connectivity index (χ1) is 5.72. The van der Waals surface area contributed by atoms with Crippen LogP contribution in [0.15, 0.2) is 37.9 Å². The van der Waals surface area contributed by atoms with Crippen molar-refractivity contribution in [2.45, 2.75) is 6.92 Å². The van der Waals surface area contributed by atoms with Gasteiger partial charge in [0.15, 0.2) is 0 Å². The molecule has 2 nitrogen and oxygen atoms in total. The minimum absolute atomic E-state index is 0.359. The molecule has 0 N–H and O–H groups in total. The van der Waals surface area contributed by atoms with E-state index in [0.29, 0.717) is 6.61 Å². The van der Waals surface area contributed by atoms with Crippen molar-refractivity contribution in [3.05, 3.63) is 37.9 Å². The molecule has 0 spiro atoms. The maximum absolute atomic E-state index is 10.1. The molecule has 0 heterocycles. The molecular formula is C9H15ClO2. The van der Waals surface area contributed by atoms with E-state index in [0.717, 1.165) is 6.08 Å². The Hall–Kier alpha value is -1.02. The van der Waals surface area contributed by atoms with Crippen LogP contribution in [0.3, 0.4) is 0 Å². The number of carbonyl (C=O) groups is 1. The van der Waals surface area contributed by atoms with Crippen LogP contribution in [0.25, 0.3) is 0 Å². The number of esters is 1. The van der Waals surface area contributed by atoms with Gasteiger partial charge in [0, 0.05) is 6.08 Å². The Labute approximate surface area is 79.2 Å². The Morgan fingerprint density at radius 2 is 1.83 bits per heavy atom. The Kier molecular flexibility index (Phi) is 32.2. The Balaban J connectivity index is -0.000000137. The minimum atomic E-state index is -0.359. The van der Waals surface area contributed by atoms with Gasteiger partial charge in [-0.2, -0.15) is 0 Å². The second-order valence-corrected chi connectivity index (χ2v) is 1.42. The van der Waals surface area contributed by atoms with Gasteiger partial charge in [-0.25, -0.2) is 4.79 Å². The number of ether oxygens (including phenoxy) is 1. The molecule has 0 aliphatic rings. The molecule has 0 aromatic carbocycles. The molecule has 0 unspecified atom stereocenters. The molecule has 0 fully saturated rings. The first-order valence-electron chi connectivity index (χ1n) is 3.23. The van der Waals surface area contributed by atoms with Gasteiger partial charge in [-0.05, 0) is 12.5 Å². The average molecular weight is 191 g/mol. The van der Waals surface area contributed by atoms with Crippen LogP contribution in [0.5, 0.6) is 0 Å². The normalized spacial score (nSPS) is 5.83. The van der Waals surface area contributed by atoms with E-state index in [1.165, 1.54) is 5.54 Å². The van der Waals surface area contributed by atoms with Gasteiger partial charge in [0.2, 0.25) is 0 Å². The lowest BCUT2D eigenvalue weighted by Gasteiger charge is -1.90. The average Bonchev–Trinajstić information content (AvgIpc) is 2.10. The van der Waals surface area contributed by atoms with E-state index < -0.39 is 0 Å². The molecule has 0 aliphatic heterocycles. The van der Waals surface area contributed by atoms with Gasteiger partial charge in [-0.1, -0.05) is 24.8 Å². The van der Waals surface area contributed by atoms with Gasteiger partial charge in [0.1, 0.15) is 0 Å². The van der Waals surface area contributed by atoms with E-state index in [9.17, 15) is 4.79 Å². The minimum Gasteiger partial charge on any atom is -0.463 e. The summed E-state index contributed by atoms with van der Waals surface area (Å²) >= 11 is 4.76. The monoisotopic (exact) mass is 190 g/mol. The lowest BCUT2D eigenvalue weighted by molar-refractivity contribution is -0.137. The summed E-state index contributed by atoms with van der Waals surface area (Å²) in [5, 5.41) is 0. The van der Waals surface area contributed by atoms with E-state index in [2.05, 4.69) is 31.1 Å². The van der Waals surface area contributed by atoms with Crippen LogP contribution in [0.2, 0.25) is 0 Å². The molecule has 0 amide bonds. The van der Waals surface area contributed by atoms with E-state index in [-0.39, 0.29) is 5.97 Å². The SMILES string of the molecule is C=C.C=CC(=O)OCC.C=CCl. The third-order valence-electron chi connectivity index (χ3n) is 0.453. The van der Waals surface area contributed by atoms with Gasteiger partial charge in [0.05, 0.1) is 6.61 Å². The van der Waals surface area contributed by atoms with Crippen molar-refractivity contribution in [1.29, 1.82) is 0 Å². The van der Waals surface area contributed by atoms with Gasteiger partial charge < -0.3 is 4.74 Å². The number of halogens is 1. The lowest BCUT2D eigenvalue weighted by atomic mass is 10.6. The Morgan fingerprint density at radius 3 is 1.92 bits per heavy atom.